The Kier molecular flexibility index (Phi) is 5.99. The van der Waals surface area contributed by atoms with E-state index in [2.05, 4.69) is 32.5 Å². The molecule has 26 heavy (non-hydrogen) atoms. The van der Waals surface area contributed by atoms with Crippen LogP contribution in [-0.2, 0) is 9.47 Å². The van der Waals surface area contributed by atoms with Crippen molar-refractivity contribution < 1.29 is 9.47 Å². The summed E-state index contributed by atoms with van der Waals surface area (Å²) in [5, 5.41) is 7.00. The lowest BCUT2D eigenvalue weighted by atomic mass is 9.93. The smallest absolute Gasteiger partial charge is 0.138 e. The number of nitrogens with one attached hydrogen (secondary N) is 1. The normalized spacial score (nSPS) is 24.8. The van der Waals surface area contributed by atoms with Crippen LogP contribution < -0.4 is 5.32 Å². The maximum Gasteiger partial charge on any atom is 0.138 e. The first-order valence-electron chi connectivity index (χ1n) is 9.66. The Morgan fingerprint density at radius 1 is 1.23 bits per heavy atom. The number of nitrogens with zero attached hydrogens (tertiary/aromatic N) is 3. The van der Waals surface area contributed by atoms with Gasteiger partial charge in [0.2, 0.25) is 0 Å². The lowest BCUT2D eigenvalue weighted by molar-refractivity contribution is -0.00919. The van der Waals surface area contributed by atoms with Gasteiger partial charge in [0.15, 0.2) is 0 Å². The van der Waals surface area contributed by atoms with E-state index in [-0.39, 0.29) is 0 Å². The van der Waals surface area contributed by atoms with Gasteiger partial charge in [-0.15, -0.1) is 11.3 Å². The van der Waals surface area contributed by atoms with Crippen molar-refractivity contribution >= 4 is 27.4 Å². The first kappa shape index (κ1) is 18.1. The number of anilines is 1. The third kappa shape index (κ3) is 4.34. The van der Waals surface area contributed by atoms with Crippen LogP contribution in [0, 0.1) is 6.92 Å². The van der Waals surface area contributed by atoms with E-state index >= 15 is 0 Å². The van der Waals surface area contributed by atoms with Gasteiger partial charge in [0.25, 0.3) is 0 Å². The zero-order chi connectivity index (χ0) is 17.8. The number of thiophene rings is 1. The second-order valence-electron chi connectivity index (χ2n) is 7.26. The summed E-state index contributed by atoms with van der Waals surface area (Å²) in [4.78, 5) is 12.4. The number of morpholine rings is 1. The molecule has 142 valence electrons. The Balaban J connectivity index is 1.23. The van der Waals surface area contributed by atoms with Crippen molar-refractivity contribution in [2.45, 2.75) is 44.8 Å². The molecule has 2 aromatic heterocycles. The number of hydrogen-bond acceptors (Lipinski definition) is 7. The molecule has 6 nitrogen and oxygen atoms in total. The van der Waals surface area contributed by atoms with E-state index in [9.17, 15) is 0 Å². The highest BCUT2D eigenvalue weighted by molar-refractivity contribution is 7.17. The van der Waals surface area contributed by atoms with E-state index in [0.29, 0.717) is 12.1 Å². The summed E-state index contributed by atoms with van der Waals surface area (Å²) in [5.41, 5.74) is 1.26. The van der Waals surface area contributed by atoms with Crippen molar-refractivity contribution in [2.24, 2.45) is 0 Å². The minimum atomic E-state index is 0.405. The molecular weight excluding hydrogens is 348 g/mol. The molecular formula is C19H28N4O2S. The Hall–Kier alpha value is -1.28. The summed E-state index contributed by atoms with van der Waals surface area (Å²) in [6.07, 6.45) is 6.59. The van der Waals surface area contributed by atoms with Gasteiger partial charge in [-0.25, -0.2) is 9.97 Å². The summed E-state index contributed by atoms with van der Waals surface area (Å²) < 4.78 is 11.5. The summed E-state index contributed by atoms with van der Waals surface area (Å²) in [7, 11) is 0. The van der Waals surface area contributed by atoms with Crippen LogP contribution in [0.4, 0.5) is 5.82 Å². The predicted octanol–water partition coefficient (Wildman–Crippen LogP) is 3.07. The second kappa shape index (κ2) is 8.61. The van der Waals surface area contributed by atoms with Crippen LogP contribution in [0.2, 0.25) is 0 Å². The molecule has 0 amide bonds. The molecule has 0 spiro atoms. The molecule has 0 atom stereocenters. The number of hydrogen-bond donors (Lipinski definition) is 1. The topological polar surface area (TPSA) is 59.5 Å². The zero-order valence-electron chi connectivity index (χ0n) is 15.4. The zero-order valence-corrected chi connectivity index (χ0v) is 16.3. The number of aryl methyl sites for hydroxylation is 1. The molecule has 1 saturated heterocycles. The number of fused-ring (bicyclic) bond motifs is 1. The predicted molar refractivity (Wildman–Crippen MR) is 105 cm³/mol. The van der Waals surface area contributed by atoms with Crippen LogP contribution >= 0.6 is 11.3 Å². The van der Waals surface area contributed by atoms with Gasteiger partial charge >= 0.3 is 0 Å². The minimum absolute atomic E-state index is 0.405. The molecule has 0 unspecified atom stereocenters. The molecule has 2 aromatic rings. The van der Waals surface area contributed by atoms with Crippen molar-refractivity contribution in [1.82, 2.24) is 14.9 Å². The lowest BCUT2D eigenvalue weighted by Gasteiger charge is -2.31. The van der Waals surface area contributed by atoms with Crippen LogP contribution in [-0.4, -0.2) is 66.5 Å². The van der Waals surface area contributed by atoms with E-state index in [1.165, 1.54) is 10.9 Å². The SMILES string of the molecule is Cc1csc2ncnc(NC3CCC(OCCN4CCOCC4)CC3)c12. The number of rotatable bonds is 6. The van der Waals surface area contributed by atoms with Gasteiger partial charge in [-0.05, 0) is 43.6 Å². The fourth-order valence-electron chi connectivity index (χ4n) is 3.87. The van der Waals surface area contributed by atoms with Crippen molar-refractivity contribution in [3.8, 4) is 0 Å². The van der Waals surface area contributed by atoms with E-state index < -0.39 is 0 Å². The summed E-state index contributed by atoms with van der Waals surface area (Å²) >= 11 is 1.69. The fourth-order valence-corrected chi connectivity index (χ4v) is 4.76. The van der Waals surface area contributed by atoms with E-state index in [0.717, 1.165) is 75.8 Å². The van der Waals surface area contributed by atoms with Crippen LogP contribution in [0.1, 0.15) is 31.2 Å². The molecule has 0 bridgehead atoms. The molecule has 0 radical (unpaired) electrons. The molecule has 7 heteroatoms. The van der Waals surface area contributed by atoms with Gasteiger partial charge in [0.1, 0.15) is 17.0 Å². The molecule has 3 heterocycles. The number of ether oxygens (including phenoxy) is 2. The Morgan fingerprint density at radius 2 is 2.04 bits per heavy atom. The van der Waals surface area contributed by atoms with Crippen molar-refractivity contribution in [3.63, 3.8) is 0 Å². The Labute approximate surface area is 158 Å². The third-order valence-electron chi connectivity index (χ3n) is 5.43. The first-order chi connectivity index (χ1) is 12.8. The van der Waals surface area contributed by atoms with Crippen molar-refractivity contribution in [1.29, 1.82) is 0 Å². The number of aromatic nitrogens is 2. The Morgan fingerprint density at radius 3 is 2.85 bits per heavy atom. The molecule has 1 aliphatic carbocycles. The van der Waals surface area contributed by atoms with Gasteiger partial charge in [-0.2, -0.15) is 0 Å². The maximum atomic E-state index is 6.13. The monoisotopic (exact) mass is 376 g/mol. The highest BCUT2D eigenvalue weighted by atomic mass is 32.1. The standard InChI is InChI=1S/C19H28N4O2S/c1-14-12-26-19-17(14)18(20-13-21-19)22-15-2-4-16(5-3-15)25-11-8-23-6-9-24-10-7-23/h12-13,15-16H,2-11H2,1H3,(H,20,21,22). The van der Waals surface area contributed by atoms with Gasteiger partial charge < -0.3 is 14.8 Å². The lowest BCUT2D eigenvalue weighted by Crippen LogP contribution is -2.39. The van der Waals surface area contributed by atoms with E-state index in [4.69, 9.17) is 9.47 Å². The fraction of sp³-hybridized carbons (Fsp3) is 0.684. The van der Waals surface area contributed by atoms with E-state index in [1.807, 2.05) is 0 Å². The Bertz CT molecular complexity index is 709. The molecule has 0 aromatic carbocycles. The average molecular weight is 377 g/mol. The van der Waals surface area contributed by atoms with Crippen LogP contribution in [0.15, 0.2) is 11.7 Å². The summed E-state index contributed by atoms with van der Waals surface area (Å²) in [6, 6.07) is 0.478. The second-order valence-corrected chi connectivity index (χ2v) is 8.12. The van der Waals surface area contributed by atoms with Crippen LogP contribution in [0.25, 0.3) is 10.2 Å². The third-order valence-corrected chi connectivity index (χ3v) is 6.44. The largest absolute Gasteiger partial charge is 0.379 e. The highest BCUT2D eigenvalue weighted by Gasteiger charge is 2.23. The quantitative estimate of drug-likeness (QED) is 0.836. The molecule has 2 fully saturated rings. The first-order valence-corrected chi connectivity index (χ1v) is 10.5. The van der Waals surface area contributed by atoms with Gasteiger partial charge in [0.05, 0.1) is 31.3 Å². The van der Waals surface area contributed by atoms with Gasteiger partial charge in [0, 0.05) is 25.7 Å². The highest BCUT2D eigenvalue weighted by Crippen LogP contribution is 2.31. The van der Waals surface area contributed by atoms with E-state index in [1.54, 1.807) is 17.7 Å². The molecule has 4 rings (SSSR count). The summed E-state index contributed by atoms with van der Waals surface area (Å²) in [5.74, 6) is 0.991. The minimum Gasteiger partial charge on any atom is -0.379 e. The molecule has 1 aliphatic heterocycles. The molecule has 2 aliphatic rings. The van der Waals surface area contributed by atoms with Crippen LogP contribution in [0.3, 0.4) is 0 Å². The molecule has 1 N–H and O–H groups in total. The average Bonchev–Trinajstić information content (AvgIpc) is 3.06. The maximum absolute atomic E-state index is 6.13. The van der Waals surface area contributed by atoms with Crippen molar-refractivity contribution in [3.05, 3.63) is 17.3 Å². The summed E-state index contributed by atoms with van der Waals surface area (Å²) in [6.45, 7) is 7.78. The van der Waals surface area contributed by atoms with Gasteiger partial charge in [-0.1, -0.05) is 0 Å². The van der Waals surface area contributed by atoms with Crippen LogP contribution in [0.5, 0.6) is 0 Å². The van der Waals surface area contributed by atoms with Gasteiger partial charge in [-0.3, -0.25) is 4.90 Å². The molecule has 1 saturated carbocycles. The van der Waals surface area contributed by atoms with Crippen molar-refractivity contribution in [2.75, 3.05) is 44.8 Å².